The van der Waals surface area contributed by atoms with Gasteiger partial charge in [0, 0.05) is 109 Å². The number of phosphoric acid groups is 5. The molecule has 12 N–H and O–H groups in total. The molecule has 140 heavy (non-hydrogen) atoms. The molecule has 6 aliphatic rings. The smallest absolute Gasteiger partial charge is 0.472 e. The fraction of sp³-hybridized carbons (Fsp3) is 0.481. The lowest BCUT2D eigenvalue weighted by Crippen LogP contribution is -2.38. The van der Waals surface area contributed by atoms with Crippen LogP contribution >= 0.6 is 39.1 Å². The van der Waals surface area contributed by atoms with Gasteiger partial charge in [-0.1, -0.05) is 54.6 Å². The molecular weight excluding hydrogens is 1970 g/mol. The first kappa shape index (κ1) is 104. The third kappa shape index (κ3) is 23.9. The molecule has 0 bridgehead atoms. The Kier molecular flexibility index (Phi) is 31.3. The molecule has 0 radical (unpaired) electrons. The van der Waals surface area contributed by atoms with E-state index in [9.17, 15) is 110 Å². The number of hydrogen-bond donors (Lipinski definition) is 12. The van der Waals surface area contributed by atoms with Crippen molar-refractivity contribution in [1.82, 2.24) is 57.3 Å². The van der Waals surface area contributed by atoms with E-state index in [2.05, 4.69) is 29.9 Å². The normalized spacial score (nSPS) is 27.0. The van der Waals surface area contributed by atoms with Crippen molar-refractivity contribution in [1.29, 1.82) is 0 Å². The quantitative estimate of drug-likeness (QED) is 0.0193. The minimum atomic E-state index is -5.76. The van der Waals surface area contributed by atoms with E-state index in [0.29, 0.717) is 28.2 Å². The molecule has 12 heterocycles. The van der Waals surface area contributed by atoms with Crippen molar-refractivity contribution in [3.8, 4) is 11.5 Å². The third-order valence-corrected chi connectivity index (χ3v) is 28.9. The van der Waals surface area contributed by atoms with Crippen LogP contribution in [-0.4, -0.2) is 214 Å². The summed E-state index contributed by atoms with van der Waals surface area (Å²) in [5, 5.41) is 10.9. The molecule has 6 fully saturated rings. The number of H-pyrrole nitrogens is 6. The first-order valence-electron chi connectivity index (χ1n) is 42.9. The molecule has 3 aromatic carbocycles. The number of aromatic amines is 6. The lowest BCUT2D eigenvalue weighted by molar-refractivity contribution is -0.0952. The number of aliphatic hydroxyl groups excluding tert-OH is 1. The van der Waals surface area contributed by atoms with Crippen LogP contribution in [0.2, 0.25) is 0 Å². The van der Waals surface area contributed by atoms with Crippen LogP contribution in [0, 0.1) is 41.5 Å². The van der Waals surface area contributed by atoms with E-state index in [1.807, 2.05) is 0 Å². The summed E-state index contributed by atoms with van der Waals surface area (Å²) >= 11 is 0. The number of nitrogens with zero attached hydrogens (tertiary/aromatic N) is 6. The van der Waals surface area contributed by atoms with Crippen LogP contribution in [0.1, 0.15) is 126 Å². The number of ether oxygens (including phenoxy) is 9. The second-order valence-electron chi connectivity index (χ2n) is 33.5. The van der Waals surface area contributed by atoms with Crippen molar-refractivity contribution < 1.29 is 140 Å². The van der Waals surface area contributed by atoms with Crippen molar-refractivity contribution in [3.05, 3.63) is 291 Å². The van der Waals surface area contributed by atoms with Crippen LogP contribution in [-0.2, 0) is 107 Å². The fourth-order valence-electron chi connectivity index (χ4n) is 16.6. The SMILES string of the molecule is COc1ccc(C(OC[C@H]2O[C@@H](n3cc(C)c(=O)[nH]c3=O)C[C@@H]2OP(=O)(O)OC[C@H]2O[C@@H](n3cc(C)c(=O)[nH]c3=O)C[C@@H]2OP(=O)(O)OC[C@H]2O[C@@H](n3cc(C)c(=O)[nH]c3=O)C[C@@H]2OP(=O)(O)OC[C@H]2O[C@@H](n3cc(C)c(=O)[nH]c3=O)C[C@@H]2OP(=O)(O)OC[C@H]2O[C@@H](n3cc(C)c(=O)[nH]c3=O)C[C@@H]2OP(=O)(O)OC[C@H]2O[C@@H](n3cc(C)c(=O)[nH]c3=O)C[C@@H]2O)(c2ccccc2)c2ccc(OC)cc2)cc1. The summed E-state index contributed by atoms with van der Waals surface area (Å²) in [4.78, 5) is 226. The molecule has 6 aliphatic heterocycles. The van der Waals surface area contributed by atoms with E-state index in [-0.39, 0.29) is 39.8 Å². The zero-order chi connectivity index (χ0) is 101. The minimum Gasteiger partial charge on any atom is -0.497 e. The number of benzene rings is 3. The number of methoxy groups -OCH3 is 2. The van der Waals surface area contributed by atoms with Gasteiger partial charge in [0.05, 0.1) is 60.0 Å². The molecule has 0 aliphatic carbocycles. The van der Waals surface area contributed by atoms with Gasteiger partial charge in [0.25, 0.3) is 33.4 Å². The molecule has 15 rings (SSSR count). The Morgan fingerprint density at radius 3 is 0.750 bits per heavy atom. The van der Waals surface area contributed by atoms with Gasteiger partial charge in [0.1, 0.15) is 122 Å². The van der Waals surface area contributed by atoms with E-state index >= 15 is 0 Å². The molecule has 6 aromatic heterocycles. The Balaban J connectivity index is 0.650. The standard InChI is InChI=1S/C81H97N12O42P5/c1-40-28-88(75(101)82-69(40)95)63-22-51(94)57(125-63)35-120-136(107,108)132-53-24-65(90-30-42(3)71(97)84-77(90)103)127-59(53)37-122-138(111,112)134-55-26-67(92-32-44(5)73(99)86-79(92)105)129-61(55)39-124-140(115,116)135-56-27-68(93-33-45(6)74(100)87-80(93)106)130-62(56)38-123-139(113,114)133-54-25-66(91-31-43(4)72(98)85-78(91)104)128-60(54)36-121-137(109,110)131-52-23-64(89-29-41(2)70(96)83-76(89)102)126-58(52)34-119-81(46-12-10-9-11-13-46,47-14-18-49(117-7)19-15-47)48-16-20-50(118-8)21-17-48/h9-21,28-33,51-68,94H,22-27,34-39H2,1-8H3,(H,107,108)(H,109,110)(H,111,112)(H,113,114)(H,115,116)(H,82,95,101)(H,83,96,102)(H,84,97,103)(H,85,98,104)(H,86,99,105)(H,87,100,106)/t51-,52-,53-,54-,55-,56-,57+,58+,59+,60+,61+,62+,63+,64+,65+,66+,67+,68+/m0/s1. The second-order valence-corrected chi connectivity index (χ2v) is 40.5. The minimum absolute atomic E-state index is 0.0312. The monoisotopic (exact) mass is 2060 g/mol. The largest absolute Gasteiger partial charge is 0.497 e. The van der Waals surface area contributed by atoms with Crippen LogP contribution in [0.4, 0.5) is 0 Å². The van der Waals surface area contributed by atoms with E-state index in [1.54, 1.807) is 78.9 Å². The molecule has 0 amide bonds. The lowest BCUT2D eigenvalue weighted by atomic mass is 9.80. The highest BCUT2D eigenvalue weighted by Gasteiger charge is 2.53. The Labute approximate surface area is 786 Å². The maximum absolute atomic E-state index is 14.8. The highest BCUT2D eigenvalue weighted by molar-refractivity contribution is 7.48. The van der Waals surface area contributed by atoms with Gasteiger partial charge in [-0.3, -0.25) is 131 Å². The highest BCUT2D eigenvalue weighted by Crippen LogP contribution is 2.57. The summed E-state index contributed by atoms with van der Waals surface area (Å²) in [6.07, 6.45) is -26.1. The molecule has 59 heteroatoms. The van der Waals surface area contributed by atoms with E-state index in [0.717, 1.165) is 52.2 Å². The fourth-order valence-corrected chi connectivity index (χ4v) is 21.4. The number of aromatic nitrogens is 12. The summed E-state index contributed by atoms with van der Waals surface area (Å²) in [6.45, 7) is 1.94. The average molecular weight is 2070 g/mol. The van der Waals surface area contributed by atoms with Crippen molar-refractivity contribution in [3.63, 3.8) is 0 Å². The van der Waals surface area contributed by atoms with E-state index in [1.165, 1.54) is 68.2 Å². The first-order chi connectivity index (χ1) is 66.1. The highest BCUT2D eigenvalue weighted by atomic mass is 31.2. The number of aliphatic hydroxyl groups is 1. The first-order valence-corrected chi connectivity index (χ1v) is 50.4. The summed E-state index contributed by atoms with van der Waals surface area (Å²) in [7, 11) is -25.2. The van der Waals surface area contributed by atoms with Gasteiger partial charge in [-0.25, -0.2) is 51.6 Å². The predicted molar refractivity (Wildman–Crippen MR) is 475 cm³/mol. The topological polar surface area (TPSA) is 711 Å². The lowest BCUT2D eigenvalue weighted by Gasteiger charge is -2.37. The number of phosphoric ester groups is 5. The van der Waals surface area contributed by atoms with Crippen molar-refractivity contribution >= 4 is 39.1 Å². The van der Waals surface area contributed by atoms with Gasteiger partial charge in [-0.15, -0.1) is 0 Å². The van der Waals surface area contributed by atoms with Gasteiger partial charge in [0.2, 0.25) is 0 Å². The molecule has 9 aromatic rings. The number of hydrogen-bond acceptors (Lipinski definition) is 37. The molecule has 758 valence electrons. The Hall–Kier alpha value is -10.4. The number of nitrogens with one attached hydrogen (secondary N) is 6. The van der Waals surface area contributed by atoms with E-state index < -0.39 is 295 Å². The van der Waals surface area contributed by atoms with Gasteiger partial charge < -0.3 is 72.2 Å². The molecule has 0 spiro atoms. The zero-order valence-corrected chi connectivity index (χ0v) is 79.6. The molecule has 23 atom stereocenters. The van der Waals surface area contributed by atoms with Gasteiger partial charge in [-0.2, -0.15) is 0 Å². The Morgan fingerprint density at radius 1 is 0.307 bits per heavy atom. The van der Waals surface area contributed by atoms with Crippen LogP contribution in [0.5, 0.6) is 11.5 Å². The predicted octanol–water partition coefficient (Wildman–Crippen LogP) is 1.76. The van der Waals surface area contributed by atoms with Gasteiger partial charge >= 0.3 is 73.3 Å². The zero-order valence-electron chi connectivity index (χ0n) is 75.1. The average Bonchev–Trinajstić information content (AvgIpc) is 1.01. The summed E-state index contributed by atoms with van der Waals surface area (Å²) in [5.41, 5.74) is -10.9. The van der Waals surface area contributed by atoms with Crippen molar-refractivity contribution in [2.24, 2.45) is 0 Å². The summed E-state index contributed by atoms with van der Waals surface area (Å²) in [6, 6.07) is 22.8. The Morgan fingerprint density at radius 2 is 0.514 bits per heavy atom. The number of rotatable bonds is 39. The molecule has 0 saturated carbocycles. The van der Waals surface area contributed by atoms with Gasteiger partial charge in [-0.05, 0) is 82.5 Å². The molecule has 54 nitrogen and oxygen atoms in total. The maximum atomic E-state index is 14.8. The second kappa shape index (κ2) is 42.2. The molecule has 5 unspecified atom stereocenters. The molecule has 6 saturated heterocycles. The van der Waals surface area contributed by atoms with Crippen LogP contribution in [0.3, 0.4) is 0 Å². The summed E-state index contributed by atoms with van der Waals surface area (Å²) in [5.74, 6) is 0.977. The molecular formula is C81H97N12O42P5. The maximum Gasteiger partial charge on any atom is 0.472 e. The van der Waals surface area contributed by atoms with Crippen LogP contribution in [0.15, 0.2) is 174 Å². The number of aryl methyl sites for hydroxylation is 6. The summed E-state index contributed by atoms with van der Waals surface area (Å²) < 4.78 is 188. The third-order valence-electron chi connectivity index (χ3n) is 23.8. The van der Waals surface area contributed by atoms with E-state index in [4.69, 9.17) is 87.9 Å². The Bertz CT molecular complexity index is 7090. The van der Waals surface area contributed by atoms with Crippen molar-refractivity contribution in [2.45, 2.75) is 196 Å². The van der Waals surface area contributed by atoms with Gasteiger partial charge in [0.15, 0.2) is 0 Å². The van der Waals surface area contributed by atoms with Crippen molar-refractivity contribution in [2.75, 3.05) is 53.9 Å². The van der Waals surface area contributed by atoms with Crippen LogP contribution < -0.4 is 77.0 Å². The van der Waals surface area contributed by atoms with Crippen LogP contribution in [0.25, 0.3) is 0 Å².